The number of rotatable bonds is 7. The smallest absolute Gasteiger partial charge is 0.263 e. The van der Waals surface area contributed by atoms with Crippen LogP contribution in [-0.4, -0.2) is 42.2 Å². The molecule has 2 aromatic heterocycles. The summed E-state index contributed by atoms with van der Waals surface area (Å²) in [6.45, 7) is 5.67. The highest BCUT2D eigenvalue weighted by molar-refractivity contribution is 7.13. The van der Waals surface area contributed by atoms with Crippen LogP contribution in [0.3, 0.4) is 0 Å². The van der Waals surface area contributed by atoms with Gasteiger partial charge in [0, 0.05) is 30.9 Å². The molecular weight excluding hydrogens is 436 g/mol. The fourth-order valence-corrected chi connectivity index (χ4v) is 4.18. The summed E-state index contributed by atoms with van der Waals surface area (Å²) >= 11 is 7.22. The van der Waals surface area contributed by atoms with Gasteiger partial charge in [-0.05, 0) is 42.8 Å². The molecule has 4 rings (SSSR count). The van der Waals surface area contributed by atoms with Crippen molar-refractivity contribution in [3.05, 3.63) is 68.8 Å². The number of morpholine rings is 1. The van der Waals surface area contributed by atoms with Gasteiger partial charge in [0.1, 0.15) is 28.1 Å². The summed E-state index contributed by atoms with van der Waals surface area (Å²) in [5.74, 6) is 1.49. The summed E-state index contributed by atoms with van der Waals surface area (Å²) in [4.78, 5) is 24.4. The van der Waals surface area contributed by atoms with Crippen LogP contribution >= 0.6 is 22.9 Å². The molecule has 0 aliphatic carbocycles. The molecule has 1 N–H and O–H groups in total. The Hall–Kier alpha value is -2.68. The van der Waals surface area contributed by atoms with Gasteiger partial charge in [-0.1, -0.05) is 17.7 Å². The van der Waals surface area contributed by atoms with Crippen LogP contribution in [0.25, 0.3) is 0 Å². The van der Waals surface area contributed by atoms with E-state index in [9.17, 15) is 4.79 Å². The van der Waals surface area contributed by atoms with Crippen LogP contribution in [0.2, 0.25) is 5.02 Å². The van der Waals surface area contributed by atoms with E-state index in [2.05, 4.69) is 20.2 Å². The van der Waals surface area contributed by atoms with Gasteiger partial charge < -0.3 is 19.7 Å². The molecule has 0 radical (unpaired) electrons. The van der Waals surface area contributed by atoms with Crippen molar-refractivity contribution in [2.75, 3.05) is 31.2 Å². The van der Waals surface area contributed by atoms with E-state index in [4.69, 9.17) is 21.1 Å². The average Bonchev–Trinajstić information content (AvgIpc) is 3.18. The quantitative estimate of drug-likeness (QED) is 0.579. The van der Waals surface area contributed by atoms with Gasteiger partial charge in [-0.15, -0.1) is 11.3 Å². The Kier molecular flexibility index (Phi) is 7.01. The number of nitrogens with one attached hydrogen (secondary N) is 1. The summed E-state index contributed by atoms with van der Waals surface area (Å²) in [6, 6.07) is 11.1. The number of halogens is 1. The number of amides is 1. The van der Waals surface area contributed by atoms with Gasteiger partial charge in [0.2, 0.25) is 0 Å². The maximum absolute atomic E-state index is 12.6. The average molecular weight is 459 g/mol. The Bertz CT molecular complexity index is 1020. The molecule has 7 nitrogen and oxygen atoms in total. The molecule has 1 amide bonds. The van der Waals surface area contributed by atoms with Crippen molar-refractivity contribution in [3.63, 3.8) is 0 Å². The minimum absolute atomic E-state index is 0.148. The standard InChI is InChI=1S/C22H23ClN4O3S/c1-15-21(31-20(26-15)14-30-18-5-3-17(23)4-6-18)22(28)25-13-16-2-7-19(24-12-16)27-8-10-29-11-9-27/h2-7,12H,8-11,13-14H2,1H3,(H,25,28). The van der Waals surface area contributed by atoms with E-state index < -0.39 is 0 Å². The minimum atomic E-state index is -0.148. The molecular formula is C22H23ClN4O3S. The molecule has 1 aliphatic heterocycles. The van der Waals surface area contributed by atoms with Crippen LogP contribution < -0.4 is 15.0 Å². The molecule has 0 unspecified atom stereocenters. The number of thiazole rings is 1. The van der Waals surface area contributed by atoms with Crippen molar-refractivity contribution in [2.45, 2.75) is 20.1 Å². The topological polar surface area (TPSA) is 76.6 Å². The van der Waals surface area contributed by atoms with Gasteiger partial charge in [0.05, 0.1) is 18.9 Å². The van der Waals surface area contributed by atoms with Crippen molar-refractivity contribution in [1.82, 2.24) is 15.3 Å². The molecule has 1 aliphatic rings. The maximum Gasteiger partial charge on any atom is 0.263 e. The monoisotopic (exact) mass is 458 g/mol. The molecule has 9 heteroatoms. The highest BCUT2D eigenvalue weighted by atomic mass is 35.5. The van der Waals surface area contributed by atoms with Gasteiger partial charge in [-0.2, -0.15) is 0 Å². The molecule has 0 spiro atoms. The zero-order valence-electron chi connectivity index (χ0n) is 17.1. The predicted molar refractivity (Wildman–Crippen MR) is 121 cm³/mol. The van der Waals surface area contributed by atoms with Gasteiger partial charge in [0.15, 0.2) is 0 Å². The Labute approximate surface area is 190 Å². The second-order valence-corrected chi connectivity index (χ2v) is 8.59. The van der Waals surface area contributed by atoms with Gasteiger partial charge in [-0.25, -0.2) is 9.97 Å². The number of nitrogens with zero attached hydrogens (tertiary/aromatic N) is 3. The molecule has 1 saturated heterocycles. The second-order valence-electron chi connectivity index (χ2n) is 7.07. The Morgan fingerprint density at radius 1 is 1.23 bits per heavy atom. The van der Waals surface area contributed by atoms with Crippen LogP contribution in [0.1, 0.15) is 25.9 Å². The Morgan fingerprint density at radius 2 is 2.00 bits per heavy atom. The number of ether oxygens (including phenoxy) is 2. The first-order valence-electron chi connectivity index (χ1n) is 9.99. The van der Waals surface area contributed by atoms with Crippen LogP contribution in [-0.2, 0) is 17.9 Å². The largest absolute Gasteiger partial charge is 0.486 e. The van der Waals surface area contributed by atoms with E-state index in [1.54, 1.807) is 30.5 Å². The number of carbonyl (C=O) groups is 1. The number of hydrogen-bond donors (Lipinski definition) is 1. The van der Waals surface area contributed by atoms with E-state index >= 15 is 0 Å². The lowest BCUT2D eigenvalue weighted by Crippen LogP contribution is -2.36. The SMILES string of the molecule is Cc1nc(COc2ccc(Cl)cc2)sc1C(=O)NCc1ccc(N2CCOCC2)nc1. The zero-order valence-corrected chi connectivity index (χ0v) is 18.7. The molecule has 3 aromatic rings. The number of aryl methyl sites for hydroxylation is 1. The fraction of sp³-hybridized carbons (Fsp3) is 0.318. The molecule has 162 valence electrons. The number of benzene rings is 1. The van der Waals surface area contributed by atoms with Crippen LogP contribution in [0.15, 0.2) is 42.6 Å². The van der Waals surface area contributed by atoms with Gasteiger partial charge in [-0.3, -0.25) is 4.79 Å². The van der Waals surface area contributed by atoms with E-state index in [1.807, 2.05) is 19.1 Å². The highest BCUT2D eigenvalue weighted by Crippen LogP contribution is 2.22. The fourth-order valence-electron chi connectivity index (χ4n) is 3.16. The third kappa shape index (κ3) is 5.72. The van der Waals surface area contributed by atoms with Gasteiger partial charge in [0.25, 0.3) is 5.91 Å². The molecule has 0 saturated carbocycles. The van der Waals surface area contributed by atoms with Crippen LogP contribution in [0, 0.1) is 6.92 Å². The van der Waals surface area contributed by atoms with Crippen LogP contribution in [0.5, 0.6) is 5.75 Å². The van der Waals surface area contributed by atoms with Crippen molar-refractivity contribution in [2.24, 2.45) is 0 Å². The normalized spacial score (nSPS) is 13.8. The number of carbonyl (C=O) groups excluding carboxylic acids is 1. The molecule has 3 heterocycles. The minimum Gasteiger partial charge on any atom is -0.486 e. The molecule has 31 heavy (non-hydrogen) atoms. The van der Waals surface area contributed by atoms with E-state index in [0.29, 0.717) is 34.5 Å². The van der Waals surface area contributed by atoms with Gasteiger partial charge >= 0.3 is 0 Å². The lowest BCUT2D eigenvalue weighted by molar-refractivity contribution is 0.0954. The lowest BCUT2D eigenvalue weighted by Gasteiger charge is -2.27. The number of anilines is 1. The van der Waals surface area contributed by atoms with E-state index in [-0.39, 0.29) is 5.91 Å². The third-order valence-corrected chi connectivity index (χ3v) is 6.20. The summed E-state index contributed by atoms with van der Waals surface area (Å²) in [5.41, 5.74) is 1.64. The van der Waals surface area contributed by atoms with E-state index in [1.165, 1.54) is 11.3 Å². The Balaban J connectivity index is 1.30. The second kappa shape index (κ2) is 10.1. The molecule has 0 bridgehead atoms. The summed E-state index contributed by atoms with van der Waals surface area (Å²) < 4.78 is 11.1. The zero-order chi connectivity index (χ0) is 21.6. The predicted octanol–water partition coefficient (Wildman–Crippen LogP) is 3.85. The van der Waals surface area contributed by atoms with Crippen molar-refractivity contribution in [1.29, 1.82) is 0 Å². The summed E-state index contributed by atoms with van der Waals surface area (Å²) in [7, 11) is 0. The maximum atomic E-state index is 12.6. The number of pyridine rings is 1. The highest BCUT2D eigenvalue weighted by Gasteiger charge is 2.16. The molecule has 1 fully saturated rings. The first-order valence-corrected chi connectivity index (χ1v) is 11.2. The van der Waals surface area contributed by atoms with Crippen molar-refractivity contribution in [3.8, 4) is 5.75 Å². The molecule has 1 aromatic carbocycles. The Morgan fingerprint density at radius 3 is 2.71 bits per heavy atom. The number of aromatic nitrogens is 2. The third-order valence-electron chi connectivity index (χ3n) is 4.82. The van der Waals surface area contributed by atoms with E-state index in [0.717, 1.165) is 42.7 Å². The first-order chi connectivity index (χ1) is 15.1. The summed E-state index contributed by atoms with van der Waals surface area (Å²) in [6.07, 6.45) is 1.80. The van der Waals surface area contributed by atoms with Crippen LogP contribution in [0.4, 0.5) is 5.82 Å². The first kappa shape index (κ1) is 21.5. The van der Waals surface area contributed by atoms with Crippen molar-refractivity contribution < 1.29 is 14.3 Å². The lowest BCUT2D eigenvalue weighted by atomic mass is 10.2. The number of hydrogen-bond acceptors (Lipinski definition) is 7. The summed E-state index contributed by atoms with van der Waals surface area (Å²) in [5, 5.41) is 4.35. The molecule has 0 atom stereocenters. The van der Waals surface area contributed by atoms with Crippen molar-refractivity contribution >= 4 is 34.7 Å².